The van der Waals surface area contributed by atoms with Gasteiger partial charge in [0.15, 0.2) is 0 Å². The van der Waals surface area contributed by atoms with Crippen molar-refractivity contribution < 1.29 is 4.74 Å². The van der Waals surface area contributed by atoms with Gasteiger partial charge in [0, 0.05) is 6.07 Å². The quantitative estimate of drug-likeness (QED) is 0.751. The number of rotatable bonds is 5. The molecule has 2 rings (SSSR count). The van der Waals surface area contributed by atoms with Crippen LogP contribution in [0, 0.1) is 6.92 Å². The highest BCUT2D eigenvalue weighted by Gasteiger charge is 2.06. The molecule has 2 aromatic carbocycles. The number of unbranched alkanes of at least 4 members (excludes halogenated alkanes) is 1. The second-order valence-electron chi connectivity index (χ2n) is 4.99. The van der Waals surface area contributed by atoms with Crippen molar-refractivity contribution in [3.8, 4) is 11.5 Å². The number of anilines is 1. The summed E-state index contributed by atoms with van der Waals surface area (Å²) in [7, 11) is 0. The van der Waals surface area contributed by atoms with Crippen molar-refractivity contribution in [1.29, 1.82) is 0 Å². The van der Waals surface area contributed by atoms with Crippen molar-refractivity contribution >= 4 is 17.3 Å². The highest BCUT2D eigenvalue weighted by atomic mass is 35.5. The zero-order valence-corrected chi connectivity index (χ0v) is 12.7. The minimum Gasteiger partial charge on any atom is -0.457 e. The lowest BCUT2D eigenvalue weighted by molar-refractivity contribution is 0.479. The average molecular weight is 290 g/mol. The Balaban J connectivity index is 2.12. The molecule has 3 heteroatoms. The molecule has 20 heavy (non-hydrogen) atoms. The average Bonchev–Trinajstić information content (AvgIpc) is 2.44. The summed E-state index contributed by atoms with van der Waals surface area (Å²) < 4.78 is 5.86. The molecule has 0 bridgehead atoms. The Bertz CT molecular complexity index is 578. The number of halogens is 1. The highest BCUT2D eigenvalue weighted by molar-refractivity contribution is 6.33. The molecule has 0 radical (unpaired) electrons. The van der Waals surface area contributed by atoms with Crippen LogP contribution in [0.15, 0.2) is 36.4 Å². The predicted octanol–water partition coefficient (Wildman–Crippen LogP) is 5.37. The van der Waals surface area contributed by atoms with Gasteiger partial charge < -0.3 is 10.5 Å². The van der Waals surface area contributed by atoms with Crippen LogP contribution in [0.25, 0.3) is 0 Å². The fraction of sp³-hybridized carbons (Fsp3) is 0.294. The lowest BCUT2D eigenvalue weighted by Gasteiger charge is -2.11. The van der Waals surface area contributed by atoms with E-state index in [1.807, 2.05) is 25.1 Å². The van der Waals surface area contributed by atoms with E-state index in [0.717, 1.165) is 23.5 Å². The highest BCUT2D eigenvalue weighted by Crippen LogP contribution is 2.31. The number of hydrogen-bond donors (Lipinski definition) is 1. The van der Waals surface area contributed by atoms with E-state index >= 15 is 0 Å². The molecule has 2 N–H and O–H groups in total. The van der Waals surface area contributed by atoms with E-state index in [9.17, 15) is 0 Å². The number of nitrogens with two attached hydrogens (primary N) is 1. The number of aryl methyl sites for hydroxylation is 2. The van der Waals surface area contributed by atoms with Gasteiger partial charge in [-0.25, -0.2) is 0 Å². The van der Waals surface area contributed by atoms with Crippen LogP contribution < -0.4 is 10.5 Å². The summed E-state index contributed by atoms with van der Waals surface area (Å²) in [5.41, 5.74) is 8.65. The van der Waals surface area contributed by atoms with Crippen molar-refractivity contribution in [2.45, 2.75) is 33.1 Å². The normalized spacial score (nSPS) is 10.6. The molecule has 0 fully saturated rings. The predicted molar refractivity (Wildman–Crippen MR) is 85.7 cm³/mol. The number of benzene rings is 2. The summed E-state index contributed by atoms with van der Waals surface area (Å²) in [6, 6.07) is 11.8. The van der Waals surface area contributed by atoms with Crippen LogP contribution in [0.4, 0.5) is 5.69 Å². The lowest BCUT2D eigenvalue weighted by Crippen LogP contribution is -1.92. The summed E-state index contributed by atoms with van der Waals surface area (Å²) in [5.74, 6) is 1.56. The first-order chi connectivity index (χ1) is 9.60. The molecule has 106 valence electrons. The van der Waals surface area contributed by atoms with Crippen molar-refractivity contribution in [2.24, 2.45) is 0 Å². The van der Waals surface area contributed by atoms with Gasteiger partial charge in [-0.1, -0.05) is 37.1 Å². The van der Waals surface area contributed by atoms with E-state index in [1.165, 1.54) is 18.4 Å². The van der Waals surface area contributed by atoms with Gasteiger partial charge in [0.1, 0.15) is 11.5 Å². The topological polar surface area (TPSA) is 35.2 Å². The molecule has 2 nitrogen and oxygen atoms in total. The van der Waals surface area contributed by atoms with Crippen molar-refractivity contribution in [3.63, 3.8) is 0 Å². The molecule has 2 aromatic rings. The smallest absolute Gasteiger partial charge is 0.131 e. The maximum absolute atomic E-state index is 6.03. The number of ether oxygens (including phenoxy) is 1. The van der Waals surface area contributed by atoms with Crippen LogP contribution in [0.5, 0.6) is 11.5 Å². The SMILES string of the molecule is CCCCc1ccc(Oc2cc(Cl)c(N)cc2C)cc1. The third-order valence-electron chi connectivity index (χ3n) is 3.26. The van der Waals surface area contributed by atoms with Gasteiger partial charge in [-0.3, -0.25) is 0 Å². The van der Waals surface area contributed by atoms with E-state index < -0.39 is 0 Å². The van der Waals surface area contributed by atoms with Gasteiger partial charge in [-0.2, -0.15) is 0 Å². The van der Waals surface area contributed by atoms with E-state index in [1.54, 1.807) is 6.07 Å². The molecule has 0 heterocycles. The van der Waals surface area contributed by atoms with Crippen molar-refractivity contribution in [1.82, 2.24) is 0 Å². The first-order valence-corrected chi connectivity index (χ1v) is 7.30. The zero-order valence-electron chi connectivity index (χ0n) is 11.9. The lowest BCUT2D eigenvalue weighted by atomic mass is 10.1. The molecule has 0 aliphatic carbocycles. The van der Waals surface area contributed by atoms with Gasteiger partial charge in [0.05, 0.1) is 10.7 Å². The summed E-state index contributed by atoms with van der Waals surface area (Å²) in [6.45, 7) is 4.16. The molecule has 0 spiro atoms. The third kappa shape index (κ3) is 3.67. The summed E-state index contributed by atoms with van der Waals surface area (Å²) >= 11 is 6.03. The fourth-order valence-corrected chi connectivity index (χ4v) is 2.18. The molecule has 0 saturated carbocycles. The van der Waals surface area contributed by atoms with Crippen molar-refractivity contribution in [3.05, 3.63) is 52.5 Å². The van der Waals surface area contributed by atoms with Crippen LogP contribution in [0.2, 0.25) is 5.02 Å². The van der Waals surface area contributed by atoms with Crippen LogP contribution in [0.1, 0.15) is 30.9 Å². The maximum Gasteiger partial charge on any atom is 0.131 e. The minimum absolute atomic E-state index is 0.519. The Morgan fingerprint density at radius 3 is 2.50 bits per heavy atom. The third-order valence-corrected chi connectivity index (χ3v) is 3.59. The maximum atomic E-state index is 6.03. The molecule has 0 saturated heterocycles. The Labute approximate surface area is 125 Å². The minimum atomic E-state index is 0.519. The molecule has 0 atom stereocenters. The summed E-state index contributed by atoms with van der Waals surface area (Å²) in [5, 5.41) is 0.519. The number of nitrogen functional groups attached to an aromatic ring is 1. The molecule has 0 aliphatic rings. The fourth-order valence-electron chi connectivity index (χ4n) is 2.03. The second kappa shape index (κ2) is 6.67. The molecule has 0 aliphatic heterocycles. The standard InChI is InChI=1S/C17H20ClNO/c1-3-4-5-13-6-8-14(9-7-13)20-17-11-15(18)16(19)10-12(17)2/h6-11H,3-5,19H2,1-2H3. The number of hydrogen-bond acceptors (Lipinski definition) is 2. The molecule has 0 amide bonds. The van der Waals surface area contributed by atoms with Crippen LogP contribution in [-0.2, 0) is 6.42 Å². The molecular formula is C17H20ClNO. The van der Waals surface area contributed by atoms with Crippen LogP contribution in [-0.4, -0.2) is 0 Å². The largest absolute Gasteiger partial charge is 0.457 e. The Morgan fingerprint density at radius 2 is 1.85 bits per heavy atom. The first kappa shape index (κ1) is 14.7. The summed E-state index contributed by atoms with van der Waals surface area (Å²) in [4.78, 5) is 0. The monoisotopic (exact) mass is 289 g/mol. The van der Waals surface area contributed by atoms with Crippen LogP contribution >= 0.6 is 11.6 Å². The van der Waals surface area contributed by atoms with Gasteiger partial charge in [0.25, 0.3) is 0 Å². The molecule has 0 unspecified atom stereocenters. The molecular weight excluding hydrogens is 270 g/mol. The van der Waals surface area contributed by atoms with Gasteiger partial charge >= 0.3 is 0 Å². The Morgan fingerprint density at radius 1 is 1.15 bits per heavy atom. The van der Waals surface area contributed by atoms with Gasteiger partial charge in [-0.05, 0) is 49.1 Å². The van der Waals surface area contributed by atoms with E-state index in [4.69, 9.17) is 22.1 Å². The van der Waals surface area contributed by atoms with E-state index in [2.05, 4.69) is 19.1 Å². The molecule has 0 aromatic heterocycles. The van der Waals surface area contributed by atoms with Gasteiger partial charge in [-0.15, -0.1) is 0 Å². The van der Waals surface area contributed by atoms with E-state index in [-0.39, 0.29) is 0 Å². The Hall–Kier alpha value is -1.67. The zero-order chi connectivity index (χ0) is 14.5. The van der Waals surface area contributed by atoms with Crippen molar-refractivity contribution in [2.75, 3.05) is 5.73 Å². The second-order valence-corrected chi connectivity index (χ2v) is 5.40. The van der Waals surface area contributed by atoms with Crippen LogP contribution in [0.3, 0.4) is 0 Å². The first-order valence-electron chi connectivity index (χ1n) is 6.92. The Kier molecular flexibility index (Phi) is 4.91. The summed E-state index contributed by atoms with van der Waals surface area (Å²) in [6.07, 6.45) is 3.54. The van der Waals surface area contributed by atoms with E-state index in [0.29, 0.717) is 10.7 Å². The van der Waals surface area contributed by atoms with Gasteiger partial charge in [0.2, 0.25) is 0 Å².